The molecule has 0 saturated heterocycles. The first kappa shape index (κ1) is 34.1. The number of nitrogens with zero attached hydrogens (tertiary/aromatic N) is 1. The standard InChI is InChI=1S/C57H41NSi/c1-57(2)49-27-13-9-22-43(49)44-34-33-41(37-50(44)57)58(40-20-7-4-8-21-40)51-28-17-26-42(38-18-5-3-6-19-38)56(51)39-32-35-55-48(36-39)47-25-12-16-31-54(47)59(55)52-29-14-10-23-45(52)46-24-11-15-30-53(46)59/h3-37H,1-2H3. The highest BCUT2D eigenvalue weighted by Crippen LogP contribution is 2.52. The van der Waals surface area contributed by atoms with Gasteiger partial charge in [0.25, 0.3) is 0 Å². The van der Waals surface area contributed by atoms with Crippen LogP contribution >= 0.6 is 0 Å². The molecule has 0 N–H and O–H groups in total. The van der Waals surface area contributed by atoms with Gasteiger partial charge in [-0.1, -0.05) is 190 Å². The van der Waals surface area contributed by atoms with E-state index in [-0.39, 0.29) is 5.41 Å². The average Bonchev–Trinajstić information content (AvgIpc) is 3.85. The second-order valence-corrected chi connectivity index (χ2v) is 20.4. The molecule has 0 atom stereocenters. The summed E-state index contributed by atoms with van der Waals surface area (Å²) in [6, 6.07) is 79.9. The van der Waals surface area contributed by atoms with Crippen molar-refractivity contribution in [3.63, 3.8) is 0 Å². The topological polar surface area (TPSA) is 3.24 Å². The molecule has 2 heteroatoms. The Morgan fingerprint density at radius 1 is 0.339 bits per heavy atom. The summed E-state index contributed by atoms with van der Waals surface area (Å²) in [5, 5.41) is 5.98. The summed E-state index contributed by atoms with van der Waals surface area (Å²) < 4.78 is 0. The zero-order valence-corrected chi connectivity index (χ0v) is 34.2. The smallest absolute Gasteiger partial charge is 0.182 e. The van der Waals surface area contributed by atoms with Crippen molar-refractivity contribution in [2.45, 2.75) is 19.3 Å². The van der Waals surface area contributed by atoms with Crippen LogP contribution in [0, 0.1) is 0 Å². The molecule has 1 spiro atoms. The van der Waals surface area contributed by atoms with Crippen molar-refractivity contribution in [3.8, 4) is 55.6 Å². The van der Waals surface area contributed by atoms with Gasteiger partial charge in [-0.3, -0.25) is 0 Å². The number of para-hydroxylation sites is 1. The predicted octanol–water partition coefficient (Wildman–Crippen LogP) is 12.1. The monoisotopic (exact) mass is 767 g/mol. The van der Waals surface area contributed by atoms with Gasteiger partial charge in [0, 0.05) is 22.4 Å². The molecule has 0 fully saturated rings. The van der Waals surface area contributed by atoms with E-state index in [0.717, 1.165) is 17.1 Å². The molecule has 0 saturated carbocycles. The van der Waals surface area contributed by atoms with E-state index in [9.17, 15) is 0 Å². The first-order valence-electron chi connectivity index (χ1n) is 20.8. The van der Waals surface area contributed by atoms with Gasteiger partial charge in [0.2, 0.25) is 0 Å². The highest BCUT2D eigenvalue weighted by molar-refractivity contribution is 7.24. The molecular formula is C57H41NSi. The summed E-state index contributed by atoms with van der Waals surface area (Å²) in [4.78, 5) is 2.49. The summed E-state index contributed by atoms with van der Waals surface area (Å²) in [5.74, 6) is 0. The lowest BCUT2D eigenvalue weighted by Crippen LogP contribution is -2.70. The van der Waals surface area contributed by atoms with Crippen LogP contribution in [0.25, 0.3) is 55.6 Å². The van der Waals surface area contributed by atoms with Crippen molar-refractivity contribution in [2.24, 2.45) is 0 Å². The number of benzene rings is 9. The number of hydrogen-bond acceptors (Lipinski definition) is 1. The van der Waals surface area contributed by atoms with E-state index in [1.165, 1.54) is 87.5 Å². The summed E-state index contributed by atoms with van der Waals surface area (Å²) >= 11 is 0. The second-order valence-electron chi connectivity index (χ2n) is 16.8. The second kappa shape index (κ2) is 12.7. The molecule has 278 valence electrons. The van der Waals surface area contributed by atoms with Crippen molar-refractivity contribution >= 4 is 45.9 Å². The molecule has 2 heterocycles. The van der Waals surface area contributed by atoms with Gasteiger partial charge in [0.1, 0.15) is 0 Å². The van der Waals surface area contributed by atoms with Crippen molar-refractivity contribution in [1.82, 2.24) is 0 Å². The van der Waals surface area contributed by atoms with E-state index in [0.29, 0.717) is 0 Å². The largest absolute Gasteiger partial charge is 0.310 e. The third-order valence-electron chi connectivity index (χ3n) is 13.5. The summed E-state index contributed by atoms with van der Waals surface area (Å²) in [6.45, 7) is 4.74. The number of fused-ring (bicyclic) bond motifs is 13. The fraction of sp³-hybridized carbons (Fsp3) is 0.0526. The molecule has 0 unspecified atom stereocenters. The van der Waals surface area contributed by atoms with Crippen LogP contribution < -0.4 is 25.6 Å². The molecule has 12 rings (SSSR count). The van der Waals surface area contributed by atoms with Crippen molar-refractivity contribution in [2.75, 3.05) is 4.90 Å². The first-order chi connectivity index (χ1) is 29.0. The normalized spacial score (nSPS) is 14.2. The molecule has 9 aromatic rings. The van der Waals surface area contributed by atoms with Crippen LogP contribution in [-0.2, 0) is 5.41 Å². The first-order valence-corrected chi connectivity index (χ1v) is 22.8. The van der Waals surface area contributed by atoms with Gasteiger partial charge in [0.05, 0.1) is 5.69 Å². The summed E-state index contributed by atoms with van der Waals surface area (Å²) in [7, 11) is -2.55. The highest BCUT2D eigenvalue weighted by Gasteiger charge is 2.53. The van der Waals surface area contributed by atoms with Crippen LogP contribution in [0.3, 0.4) is 0 Å². The van der Waals surface area contributed by atoms with Gasteiger partial charge < -0.3 is 4.90 Å². The lowest BCUT2D eigenvalue weighted by Gasteiger charge is -2.31. The lowest BCUT2D eigenvalue weighted by molar-refractivity contribution is 0.660. The van der Waals surface area contributed by atoms with Crippen LogP contribution in [-0.4, -0.2) is 8.07 Å². The molecule has 0 amide bonds. The zero-order chi connectivity index (χ0) is 39.3. The van der Waals surface area contributed by atoms with E-state index in [4.69, 9.17) is 0 Å². The molecular weight excluding hydrogens is 727 g/mol. The Balaban J connectivity index is 1.12. The quantitative estimate of drug-likeness (QED) is 0.158. The Bertz CT molecular complexity index is 3100. The van der Waals surface area contributed by atoms with E-state index < -0.39 is 8.07 Å². The third-order valence-corrected chi connectivity index (χ3v) is 18.5. The number of rotatable bonds is 5. The maximum Gasteiger partial charge on any atom is 0.182 e. The van der Waals surface area contributed by atoms with E-state index in [1.54, 1.807) is 0 Å². The maximum absolute atomic E-state index is 2.55. The molecule has 59 heavy (non-hydrogen) atoms. The van der Waals surface area contributed by atoms with Crippen LogP contribution in [0.5, 0.6) is 0 Å². The minimum absolute atomic E-state index is 0.121. The lowest BCUT2D eigenvalue weighted by atomic mass is 9.82. The number of hydrogen-bond donors (Lipinski definition) is 0. The van der Waals surface area contributed by atoms with Gasteiger partial charge >= 0.3 is 0 Å². The predicted molar refractivity (Wildman–Crippen MR) is 251 cm³/mol. The van der Waals surface area contributed by atoms with Crippen LogP contribution in [0.15, 0.2) is 212 Å². The molecule has 0 bridgehead atoms. The fourth-order valence-corrected chi connectivity index (χ4v) is 16.6. The Kier molecular flexibility index (Phi) is 7.36. The molecule has 9 aromatic carbocycles. The van der Waals surface area contributed by atoms with Gasteiger partial charge in [-0.25, -0.2) is 0 Å². The Morgan fingerprint density at radius 3 is 1.54 bits per heavy atom. The molecule has 1 aliphatic carbocycles. The minimum Gasteiger partial charge on any atom is -0.310 e. The van der Waals surface area contributed by atoms with E-state index in [2.05, 4.69) is 231 Å². The van der Waals surface area contributed by atoms with Crippen LogP contribution in [0.4, 0.5) is 17.1 Å². The van der Waals surface area contributed by atoms with Gasteiger partial charge in [0.15, 0.2) is 8.07 Å². The van der Waals surface area contributed by atoms with Crippen LogP contribution in [0.1, 0.15) is 25.0 Å². The average molecular weight is 768 g/mol. The van der Waals surface area contributed by atoms with Gasteiger partial charge in [-0.15, -0.1) is 0 Å². The molecule has 0 aromatic heterocycles. The Labute approximate surface area is 347 Å². The zero-order valence-electron chi connectivity index (χ0n) is 33.2. The van der Waals surface area contributed by atoms with Gasteiger partial charge in [-0.2, -0.15) is 0 Å². The molecule has 3 aliphatic rings. The SMILES string of the molecule is CC1(C)c2ccccc2-c2ccc(N(c3ccccc3)c3cccc(-c4ccccc4)c3-c3ccc4c(c3)-c3ccccc3[Si]43c4ccccc4-c4ccccc43)cc21. The molecule has 2 aliphatic heterocycles. The Hall–Kier alpha value is -7.00. The van der Waals surface area contributed by atoms with Crippen molar-refractivity contribution in [3.05, 3.63) is 223 Å². The van der Waals surface area contributed by atoms with Crippen molar-refractivity contribution in [1.29, 1.82) is 0 Å². The third kappa shape index (κ3) is 4.72. The maximum atomic E-state index is 2.52. The van der Waals surface area contributed by atoms with Gasteiger partial charge in [-0.05, 0) is 118 Å². The van der Waals surface area contributed by atoms with E-state index in [1.807, 2.05) is 0 Å². The summed E-state index contributed by atoms with van der Waals surface area (Å²) in [5.41, 5.74) is 19.1. The molecule has 0 radical (unpaired) electrons. The number of anilines is 3. The van der Waals surface area contributed by atoms with Crippen molar-refractivity contribution < 1.29 is 0 Å². The minimum atomic E-state index is -2.55. The molecule has 1 nitrogen and oxygen atoms in total. The van der Waals surface area contributed by atoms with Crippen LogP contribution in [0.2, 0.25) is 0 Å². The van der Waals surface area contributed by atoms with E-state index >= 15 is 0 Å². The summed E-state index contributed by atoms with van der Waals surface area (Å²) in [6.07, 6.45) is 0. The highest BCUT2D eigenvalue weighted by atomic mass is 28.3. The Morgan fingerprint density at radius 2 is 0.864 bits per heavy atom. The fourth-order valence-electron chi connectivity index (χ4n) is 11.0.